The number of allylic oxidation sites excluding steroid dienone is 1. The Hall–Kier alpha value is -3.12. The smallest absolute Gasteiger partial charge is 0.363 e. The van der Waals surface area contributed by atoms with Crippen LogP contribution in [0.3, 0.4) is 0 Å². The number of piperazine rings is 1. The van der Waals surface area contributed by atoms with Crippen molar-refractivity contribution in [2.45, 2.75) is 82.8 Å². The minimum absolute atomic E-state index is 0.0284. The van der Waals surface area contributed by atoms with Crippen LogP contribution in [0, 0.1) is 5.41 Å². The molecule has 2 saturated heterocycles. The monoisotopic (exact) mass is 604 g/mol. The standard InChI is InChI=1S/C31H43F3N6O3/c1-3-24-21-39(28(42)29(31(32,33)34)12-6-5-7-13-29)17-18-40(24)25-10-14-30(43-4-2,22-9-8-15-35-19-22)38-26(25)27(41)37-23-11-16-36-20-23/h8-10,14-15,19,23-24,36,38H,3-7,11-13,16-18,20-21H2,1-2H3,(H,37,41)/t23-,24-,30?/m1/s1. The van der Waals surface area contributed by atoms with Gasteiger partial charge in [-0.15, -0.1) is 0 Å². The van der Waals surface area contributed by atoms with E-state index < -0.39 is 23.2 Å². The zero-order chi connectivity index (χ0) is 30.7. The first-order chi connectivity index (χ1) is 20.6. The molecule has 236 valence electrons. The maximum absolute atomic E-state index is 14.4. The van der Waals surface area contributed by atoms with Gasteiger partial charge in [-0.1, -0.05) is 32.3 Å². The number of rotatable bonds is 8. The summed E-state index contributed by atoms with van der Waals surface area (Å²) in [5, 5.41) is 9.78. The Balaban J connectivity index is 1.45. The van der Waals surface area contributed by atoms with Crippen LogP contribution in [-0.2, 0) is 20.1 Å². The van der Waals surface area contributed by atoms with Gasteiger partial charge in [0.25, 0.3) is 5.91 Å². The fraction of sp³-hybridized carbons (Fsp3) is 0.645. The molecule has 1 aromatic heterocycles. The number of hydrogen-bond acceptors (Lipinski definition) is 7. The van der Waals surface area contributed by atoms with E-state index in [2.05, 4.69) is 25.8 Å². The number of nitrogens with one attached hydrogen (secondary N) is 3. The first kappa shape index (κ1) is 31.3. The topological polar surface area (TPSA) is 98.8 Å². The molecule has 12 heteroatoms. The lowest BCUT2D eigenvalue weighted by Gasteiger charge is -2.48. The van der Waals surface area contributed by atoms with Gasteiger partial charge < -0.3 is 30.5 Å². The molecule has 43 heavy (non-hydrogen) atoms. The number of dihydropyridines is 1. The van der Waals surface area contributed by atoms with Gasteiger partial charge in [-0.2, -0.15) is 13.2 Å². The van der Waals surface area contributed by atoms with Crippen LogP contribution in [0.25, 0.3) is 0 Å². The van der Waals surface area contributed by atoms with Gasteiger partial charge in [-0.3, -0.25) is 14.6 Å². The molecule has 9 nitrogen and oxygen atoms in total. The van der Waals surface area contributed by atoms with Crippen molar-refractivity contribution < 1.29 is 27.5 Å². The Morgan fingerprint density at radius 1 is 1.19 bits per heavy atom. The van der Waals surface area contributed by atoms with Gasteiger partial charge in [-0.25, -0.2) is 0 Å². The lowest BCUT2D eigenvalue weighted by Crippen LogP contribution is -2.61. The van der Waals surface area contributed by atoms with Crippen LogP contribution in [0.5, 0.6) is 0 Å². The number of hydrogen-bond donors (Lipinski definition) is 3. The number of amides is 2. The number of nitrogens with zero attached hydrogens (tertiary/aromatic N) is 3. The van der Waals surface area contributed by atoms with Crippen molar-refractivity contribution >= 4 is 11.8 Å². The van der Waals surface area contributed by atoms with Crippen molar-refractivity contribution in [3.63, 3.8) is 0 Å². The van der Waals surface area contributed by atoms with Crippen LogP contribution in [0.1, 0.15) is 64.4 Å². The summed E-state index contributed by atoms with van der Waals surface area (Å²) in [5.74, 6) is -1.09. The number of alkyl halides is 3. The van der Waals surface area contributed by atoms with E-state index in [-0.39, 0.29) is 43.9 Å². The average Bonchev–Trinajstić information content (AvgIpc) is 3.54. The molecule has 2 amide bonds. The van der Waals surface area contributed by atoms with E-state index >= 15 is 0 Å². The SMILES string of the molecule is CCOC1(c2cccnc2)C=CC(N2CCN(C(=O)C3(C(F)(F)F)CCCCC3)C[C@H]2CC)=C(C(=O)N[C@@H]2CCNC2)N1. The summed E-state index contributed by atoms with van der Waals surface area (Å²) in [7, 11) is 0. The number of carbonyl (C=O) groups is 2. The molecule has 3 fully saturated rings. The van der Waals surface area contributed by atoms with Gasteiger partial charge in [0.1, 0.15) is 11.1 Å². The number of halogens is 3. The van der Waals surface area contributed by atoms with E-state index in [4.69, 9.17) is 4.74 Å². The Morgan fingerprint density at radius 2 is 1.98 bits per heavy atom. The van der Waals surface area contributed by atoms with E-state index in [9.17, 15) is 22.8 Å². The van der Waals surface area contributed by atoms with Crippen LogP contribution >= 0.6 is 0 Å². The molecule has 3 aliphatic heterocycles. The Bertz CT molecular complexity index is 1210. The van der Waals surface area contributed by atoms with Gasteiger partial charge in [0, 0.05) is 62.8 Å². The fourth-order valence-electron chi connectivity index (χ4n) is 6.95. The summed E-state index contributed by atoms with van der Waals surface area (Å²) in [6.07, 6.45) is 5.10. The molecular formula is C31H43F3N6O3. The third-order valence-electron chi connectivity index (χ3n) is 9.34. The second kappa shape index (κ2) is 12.9. The maximum atomic E-state index is 14.4. The van der Waals surface area contributed by atoms with Crippen LogP contribution in [0.15, 0.2) is 48.1 Å². The number of pyridine rings is 1. The van der Waals surface area contributed by atoms with Crippen molar-refractivity contribution in [2.24, 2.45) is 5.41 Å². The lowest BCUT2D eigenvalue weighted by atomic mass is 9.72. The highest BCUT2D eigenvalue weighted by Gasteiger charge is 2.61. The summed E-state index contributed by atoms with van der Waals surface area (Å²) >= 11 is 0. The van der Waals surface area contributed by atoms with Crippen LogP contribution in [-0.4, -0.2) is 84.2 Å². The summed E-state index contributed by atoms with van der Waals surface area (Å²) in [6.45, 7) is 6.28. The van der Waals surface area contributed by atoms with Crippen molar-refractivity contribution in [3.05, 3.63) is 53.6 Å². The molecule has 1 aromatic rings. The molecule has 4 aliphatic rings. The summed E-state index contributed by atoms with van der Waals surface area (Å²) < 4.78 is 49.4. The molecule has 3 atom stereocenters. The predicted octanol–water partition coefficient (Wildman–Crippen LogP) is 3.56. The number of ether oxygens (including phenoxy) is 1. The largest absolute Gasteiger partial charge is 0.403 e. The van der Waals surface area contributed by atoms with Crippen molar-refractivity contribution in [1.82, 2.24) is 30.7 Å². The number of aromatic nitrogens is 1. The van der Waals surface area contributed by atoms with Crippen LogP contribution in [0.2, 0.25) is 0 Å². The summed E-state index contributed by atoms with van der Waals surface area (Å²) in [4.78, 5) is 35.2. The highest BCUT2D eigenvalue weighted by molar-refractivity contribution is 5.95. The predicted molar refractivity (Wildman–Crippen MR) is 155 cm³/mol. The first-order valence-electron chi connectivity index (χ1n) is 15.5. The molecule has 0 aromatic carbocycles. The summed E-state index contributed by atoms with van der Waals surface area (Å²) in [6, 6.07) is 3.38. The molecule has 4 heterocycles. The fourth-order valence-corrected chi connectivity index (χ4v) is 6.95. The Labute approximate surface area is 251 Å². The quantitative estimate of drug-likeness (QED) is 0.418. The van der Waals surface area contributed by atoms with Crippen molar-refractivity contribution in [1.29, 1.82) is 0 Å². The van der Waals surface area contributed by atoms with Gasteiger partial charge in [0.2, 0.25) is 5.91 Å². The number of carbonyl (C=O) groups excluding carboxylic acids is 2. The summed E-state index contributed by atoms with van der Waals surface area (Å²) in [5.41, 5.74) is -1.76. The molecule has 0 radical (unpaired) electrons. The molecule has 3 N–H and O–H groups in total. The van der Waals surface area contributed by atoms with E-state index in [1.807, 2.05) is 32.1 Å². The van der Waals surface area contributed by atoms with Crippen molar-refractivity contribution in [2.75, 3.05) is 39.3 Å². The lowest BCUT2D eigenvalue weighted by molar-refractivity contribution is -0.236. The Kier molecular flexibility index (Phi) is 9.36. The molecule has 0 spiro atoms. The first-order valence-corrected chi connectivity index (χ1v) is 15.5. The molecule has 0 bridgehead atoms. The average molecular weight is 605 g/mol. The van der Waals surface area contributed by atoms with E-state index in [1.165, 1.54) is 4.90 Å². The zero-order valence-electron chi connectivity index (χ0n) is 25.0. The molecular weight excluding hydrogens is 561 g/mol. The van der Waals surface area contributed by atoms with Crippen molar-refractivity contribution in [3.8, 4) is 0 Å². The highest BCUT2D eigenvalue weighted by Crippen LogP contribution is 2.50. The molecule has 5 rings (SSSR count). The van der Waals surface area contributed by atoms with Crippen LogP contribution in [0.4, 0.5) is 13.2 Å². The highest BCUT2D eigenvalue weighted by atomic mass is 19.4. The third-order valence-corrected chi connectivity index (χ3v) is 9.34. The molecule has 1 unspecified atom stereocenters. The van der Waals surface area contributed by atoms with E-state index in [0.717, 1.165) is 18.5 Å². The second-order valence-corrected chi connectivity index (χ2v) is 11.9. The third kappa shape index (κ3) is 6.13. The van der Waals surface area contributed by atoms with Gasteiger partial charge >= 0.3 is 6.18 Å². The maximum Gasteiger partial charge on any atom is 0.403 e. The molecule has 1 saturated carbocycles. The van der Waals surface area contributed by atoms with Gasteiger partial charge in [-0.05, 0) is 57.4 Å². The normalized spacial score (nSPS) is 27.7. The minimum atomic E-state index is -4.59. The van der Waals surface area contributed by atoms with E-state index in [0.29, 0.717) is 56.8 Å². The van der Waals surface area contributed by atoms with Gasteiger partial charge in [0.05, 0.1) is 5.70 Å². The Morgan fingerprint density at radius 3 is 2.60 bits per heavy atom. The minimum Gasteiger partial charge on any atom is -0.363 e. The van der Waals surface area contributed by atoms with Crippen LogP contribution < -0.4 is 16.0 Å². The van der Waals surface area contributed by atoms with E-state index in [1.54, 1.807) is 18.5 Å². The molecule has 1 aliphatic carbocycles. The second-order valence-electron chi connectivity index (χ2n) is 11.9. The van der Waals surface area contributed by atoms with Gasteiger partial charge in [0.15, 0.2) is 5.72 Å². The zero-order valence-corrected chi connectivity index (χ0v) is 25.0.